The second-order valence-electron chi connectivity index (χ2n) is 7.10. The van der Waals surface area contributed by atoms with Gasteiger partial charge in [-0.15, -0.1) is 0 Å². The lowest BCUT2D eigenvalue weighted by Crippen LogP contribution is -2.04. The van der Waals surface area contributed by atoms with Gasteiger partial charge in [-0.3, -0.25) is 9.59 Å². The van der Waals surface area contributed by atoms with Gasteiger partial charge in [0, 0.05) is 19.3 Å². The minimum Gasteiger partial charge on any atom is -0.466 e. The van der Waals surface area contributed by atoms with Gasteiger partial charge in [0.15, 0.2) is 0 Å². The number of unbranched alkanes of at least 4 members (excludes halogenated alkanes) is 7. The normalized spacial score (nSPS) is 12.1. The van der Waals surface area contributed by atoms with Crippen molar-refractivity contribution in [1.82, 2.24) is 0 Å². The van der Waals surface area contributed by atoms with Gasteiger partial charge in [-0.25, -0.2) is 0 Å². The Bertz CT molecular complexity index is 312. The van der Waals surface area contributed by atoms with Gasteiger partial charge in [0.2, 0.25) is 0 Å². The third-order valence-corrected chi connectivity index (χ3v) is 4.61. The topological polar surface area (TPSA) is 43.4 Å². The van der Waals surface area contributed by atoms with Crippen molar-refractivity contribution in [2.75, 3.05) is 6.61 Å². The molecule has 1 atom stereocenters. The summed E-state index contributed by atoms with van der Waals surface area (Å²) in [6.07, 6.45) is 14.9. The highest BCUT2D eigenvalue weighted by atomic mass is 16.5. The smallest absolute Gasteiger partial charge is 0.305 e. The number of hydrogen-bond donors (Lipinski definition) is 0. The first kappa shape index (κ1) is 23.1. The molecule has 0 aromatic carbocycles. The molecule has 24 heavy (non-hydrogen) atoms. The Labute approximate surface area is 149 Å². The highest BCUT2D eigenvalue weighted by Crippen LogP contribution is 2.17. The van der Waals surface area contributed by atoms with E-state index in [0.717, 1.165) is 32.1 Å². The van der Waals surface area contributed by atoms with Gasteiger partial charge in [0.05, 0.1) is 6.61 Å². The third kappa shape index (κ3) is 16.0. The average Bonchev–Trinajstić information content (AvgIpc) is 2.56. The lowest BCUT2D eigenvalue weighted by molar-refractivity contribution is -0.143. The number of rotatable bonds is 17. The van der Waals surface area contributed by atoms with Crippen molar-refractivity contribution < 1.29 is 14.3 Å². The quantitative estimate of drug-likeness (QED) is 0.233. The molecule has 0 bridgehead atoms. The molecule has 0 spiro atoms. The van der Waals surface area contributed by atoms with Crippen molar-refractivity contribution in [1.29, 1.82) is 0 Å². The summed E-state index contributed by atoms with van der Waals surface area (Å²) in [6, 6.07) is 0. The van der Waals surface area contributed by atoms with Crippen LogP contribution in [0.3, 0.4) is 0 Å². The molecule has 0 aliphatic rings. The Balaban J connectivity index is 3.42. The molecule has 0 aromatic heterocycles. The van der Waals surface area contributed by atoms with Crippen LogP contribution in [0.5, 0.6) is 0 Å². The van der Waals surface area contributed by atoms with Gasteiger partial charge >= 0.3 is 5.97 Å². The summed E-state index contributed by atoms with van der Waals surface area (Å²) in [7, 11) is 0. The summed E-state index contributed by atoms with van der Waals surface area (Å²) in [5.41, 5.74) is 0. The van der Waals surface area contributed by atoms with Gasteiger partial charge < -0.3 is 4.74 Å². The standard InChI is InChI=1S/C21H40O3/c1-4-6-7-8-9-11-14-19(3)17-18-20(22)15-12-10-13-16-21(23)24-5-2/h19H,4-18H2,1-3H3/t19-/m0/s1. The highest BCUT2D eigenvalue weighted by molar-refractivity contribution is 5.78. The van der Waals surface area contributed by atoms with Crippen LogP contribution < -0.4 is 0 Å². The summed E-state index contributed by atoms with van der Waals surface area (Å²) in [5.74, 6) is 0.942. The van der Waals surface area contributed by atoms with E-state index in [-0.39, 0.29) is 5.97 Å². The summed E-state index contributed by atoms with van der Waals surface area (Å²) in [5, 5.41) is 0. The fraction of sp³-hybridized carbons (Fsp3) is 0.905. The van der Waals surface area contributed by atoms with E-state index in [1.165, 1.54) is 44.9 Å². The minimum atomic E-state index is -0.118. The molecule has 0 saturated carbocycles. The zero-order chi connectivity index (χ0) is 18.0. The molecule has 0 aliphatic heterocycles. The Morgan fingerprint density at radius 1 is 0.750 bits per heavy atom. The van der Waals surface area contributed by atoms with Crippen LogP contribution in [0.15, 0.2) is 0 Å². The lowest BCUT2D eigenvalue weighted by Gasteiger charge is -2.10. The van der Waals surface area contributed by atoms with E-state index in [1.54, 1.807) is 0 Å². The second-order valence-corrected chi connectivity index (χ2v) is 7.10. The van der Waals surface area contributed by atoms with Gasteiger partial charge in [-0.05, 0) is 32.1 Å². The van der Waals surface area contributed by atoms with Crippen molar-refractivity contribution in [3.8, 4) is 0 Å². The van der Waals surface area contributed by atoms with E-state index in [4.69, 9.17) is 4.74 Å². The van der Waals surface area contributed by atoms with E-state index >= 15 is 0 Å². The number of Topliss-reactive ketones (excluding diaryl/α,β-unsaturated/α-hetero) is 1. The first-order valence-corrected chi connectivity index (χ1v) is 10.3. The van der Waals surface area contributed by atoms with E-state index in [2.05, 4.69) is 13.8 Å². The highest BCUT2D eigenvalue weighted by Gasteiger charge is 2.07. The molecule has 3 heteroatoms. The molecule has 142 valence electrons. The van der Waals surface area contributed by atoms with E-state index in [0.29, 0.717) is 31.1 Å². The van der Waals surface area contributed by atoms with Gasteiger partial charge in [-0.2, -0.15) is 0 Å². The summed E-state index contributed by atoms with van der Waals surface area (Å²) in [6.45, 7) is 6.80. The van der Waals surface area contributed by atoms with Gasteiger partial charge in [0.1, 0.15) is 5.78 Å². The predicted molar refractivity (Wildman–Crippen MR) is 101 cm³/mol. The Morgan fingerprint density at radius 3 is 2.08 bits per heavy atom. The van der Waals surface area contributed by atoms with Crippen LogP contribution in [-0.4, -0.2) is 18.4 Å². The molecule has 0 amide bonds. The van der Waals surface area contributed by atoms with Crippen molar-refractivity contribution in [2.45, 2.75) is 111 Å². The van der Waals surface area contributed by atoms with E-state index in [9.17, 15) is 9.59 Å². The van der Waals surface area contributed by atoms with Crippen molar-refractivity contribution in [2.24, 2.45) is 5.92 Å². The van der Waals surface area contributed by atoms with Crippen LogP contribution in [0.4, 0.5) is 0 Å². The largest absolute Gasteiger partial charge is 0.466 e. The van der Waals surface area contributed by atoms with Crippen molar-refractivity contribution in [3.63, 3.8) is 0 Å². The number of hydrogen-bond acceptors (Lipinski definition) is 3. The maximum atomic E-state index is 11.9. The predicted octanol–water partition coefficient (Wildman–Crippen LogP) is 6.24. The fourth-order valence-electron chi connectivity index (χ4n) is 2.95. The number of carbonyl (C=O) groups excluding carboxylic acids is 2. The molecule has 0 heterocycles. The van der Waals surface area contributed by atoms with Gasteiger partial charge in [-0.1, -0.05) is 65.2 Å². The first-order valence-electron chi connectivity index (χ1n) is 10.3. The third-order valence-electron chi connectivity index (χ3n) is 4.61. The Morgan fingerprint density at radius 2 is 1.38 bits per heavy atom. The van der Waals surface area contributed by atoms with Crippen molar-refractivity contribution in [3.05, 3.63) is 0 Å². The maximum Gasteiger partial charge on any atom is 0.305 e. The molecule has 0 rings (SSSR count). The number of ketones is 1. The Hall–Kier alpha value is -0.860. The molecule has 0 aliphatic carbocycles. The summed E-state index contributed by atoms with van der Waals surface area (Å²) < 4.78 is 4.89. The summed E-state index contributed by atoms with van der Waals surface area (Å²) >= 11 is 0. The minimum absolute atomic E-state index is 0.118. The molecular weight excluding hydrogens is 300 g/mol. The van der Waals surface area contributed by atoms with Crippen LogP contribution >= 0.6 is 0 Å². The van der Waals surface area contributed by atoms with E-state index < -0.39 is 0 Å². The first-order chi connectivity index (χ1) is 11.6. The Kier molecular flexibility index (Phi) is 16.4. The molecule has 0 fully saturated rings. The average molecular weight is 341 g/mol. The molecule has 0 N–H and O–H groups in total. The monoisotopic (exact) mass is 340 g/mol. The summed E-state index contributed by atoms with van der Waals surface area (Å²) in [4.78, 5) is 23.1. The number of esters is 1. The van der Waals surface area contributed by atoms with Crippen LogP contribution in [0.1, 0.15) is 111 Å². The lowest BCUT2D eigenvalue weighted by atomic mass is 9.95. The van der Waals surface area contributed by atoms with Crippen LogP contribution in [-0.2, 0) is 14.3 Å². The molecule has 0 saturated heterocycles. The van der Waals surface area contributed by atoms with Crippen LogP contribution in [0.25, 0.3) is 0 Å². The molecule has 3 nitrogen and oxygen atoms in total. The fourth-order valence-corrected chi connectivity index (χ4v) is 2.95. The van der Waals surface area contributed by atoms with E-state index in [1.807, 2.05) is 6.92 Å². The molecule has 0 unspecified atom stereocenters. The van der Waals surface area contributed by atoms with Crippen LogP contribution in [0.2, 0.25) is 0 Å². The molecule has 0 aromatic rings. The zero-order valence-electron chi connectivity index (χ0n) is 16.4. The van der Waals surface area contributed by atoms with Gasteiger partial charge in [0.25, 0.3) is 0 Å². The molecule has 0 radical (unpaired) electrons. The zero-order valence-corrected chi connectivity index (χ0v) is 16.4. The second kappa shape index (κ2) is 17.0. The SMILES string of the molecule is CCCCCCCC[C@H](C)CCC(=O)CCCCCC(=O)OCC. The van der Waals surface area contributed by atoms with Crippen molar-refractivity contribution >= 4 is 11.8 Å². The molecular formula is C21H40O3. The number of carbonyl (C=O) groups is 2. The maximum absolute atomic E-state index is 11.9. The number of ether oxygens (including phenoxy) is 1. The van der Waals surface area contributed by atoms with Crippen LogP contribution in [0, 0.1) is 5.92 Å².